The summed E-state index contributed by atoms with van der Waals surface area (Å²) in [5.41, 5.74) is 3.88. The molecule has 1 saturated carbocycles. The number of fused-ring (bicyclic) bond motifs is 1. The second-order valence-corrected chi connectivity index (χ2v) is 7.57. The molecule has 6 heteroatoms. The average Bonchev–Trinajstić information content (AvgIpc) is 3.35. The van der Waals surface area contributed by atoms with Crippen LogP contribution in [-0.4, -0.2) is 47.1 Å². The Bertz CT molecular complexity index is 891. The molecule has 3 heterocycles. The Morgan fingerprint density at radius 2 is 2.12 bits per heavy atom. The van der Waals surface area contributed by atoms with Gasteiger partial charge in [0.1, 0.15) is 23.5 Å². The lowest BCUT2D eigenvalue weighted by molar-refractivity contribution is 0.0985. The van der Waals surface area contributed by atoms with Gasteiger partial charge < -0.3 is 14.4 Å². The number of hydrogen-bond donors (Lipinski definition) is 0. The summed E-state index contributed by atoms with van der Waals surface area (Å²) in [6.45, 7) is 6.60. The van der Waals surface area contributed by atoms with Crippen LogP contribution in [0.1, 0.15) is 37.9 Å². The van der Waals surface area contributed by atoms with E-state index in [1.807, 2.05) is 18.2 Å². The Morgan fingerprint density at radius 1 is 1.23 bits per heavy atom. The molecule has 134 valence electrons. The topological polar surface area (TPSA) is 59.8 Å². The highest BCUT2D eigenvalue weighted by Crippen LogP contribution is 2.42. The van der Waals surface area contributed by atoms with E-state index >= 15 is 0 Å². The number of ether oxygens (including phenoxy) is 2. The maximum Gasteiger partial charge on any atom is 0.133 e. The maximum atomic E-state index is 6.09. The van der Waals surface area contributed by atoms with Crippen molar-refractivity contribution in [2.45, 2.75) is 38.3 Å². The summed E-state index contributed by atoms with van der Waals surface area (Å²) in [6, 6.07) is 8.44. The fourth-order valence-electron chi connectivity index (χ4n) is 3.45. The summed E-state index contributed by atoms with van der Waals surface area (Å²) in [6.07, 6.45) is 3.87. The molecular weight excluding hydrogens is 328 g/mol. The quantitative estimate of drug-likeness (QED) is 0.723. The summed E-state index contributed by atoms with van der Waals surface area (Å²) in [7, 11) is 0. The number of rotatable bonds is 4. The van der Waals surface area contributed by atoms with Crippen molar-refractivity contribution in [3.63, 3.8) is 0 Å². The molecule has 5 rings (SSSR count). The molecule has 0 spiro atoms. The van der Waals surface area contributed by atoms with Crippen LogP contribution in [-0.2, 0) is 4.74 Å². The molecule has 2 fully saturated rings. The van der Waals surface area contributed by atoms with Crippen LogP contribution >= 0.6 is 0 Å². The molecule has 26 heavy (non-hydrogen) atoms. The van der Waals surface area contributed by atoms with Crippen LogP contribution < -0.4 is 9.64 Å². The normalized spacial score (nSPS) is 22.9. The molecule has 0 amide bonds. The first kappa shape index (κ1) is 15.8. The van der Waals surface area contributed by atoms with Crippen LogP contribution in [0.4, 0.5) is 11.5 Å². The van der Waals surface area contributed by atoms with E-state index in [1.54, 1.807) is 6.33 Å². The van der Waals surface area contributed by atoms with Crippen LogP contribution in [0.5, 0.6) is 5.75 Å². The minimum Gasteiger partial charge on any atom is -0.488 e. The third-order valence-corrected chi connectivity index (χ3v) is 5.33. The monoisotopic (exact) mass is 350 g/mol. The number of hydrogen-bond acceptors (Lipinski definition) is 6. The van der Waals surface area contributed by atoms with E-state index in [0.29, 0.717) is 6.04 Å². The minimum atomic E-state index is 0.0177. The highest BCUT2D eigenvalue weighted by molar-refractivity contribution is 6.21. The second-order valence-electron chi connectivity index (χ2n) is 7.57. The van der Waals surface area contributed by atoms with Crippen molar-refractivity contribution in [1.29, 1.82) is 0 Å². The molecule has 0 radical (unpaired) electrons. The van der Waals surface area contributed by atoms with Gasteiger partial charge >= 0.3 is 0 Å². The summed E-state index contributed by atoms with van der Waals surface area (Å²) in [5, 5.41) is 0. The Balaban J connectivity index is 1.41. The molecule has 1 saturated heterocycles. The first-order valence-corrected chi connectivity index (χ1v) is 9.20. The Morgan fingerprint density at radius 3 is 2.92 bits per heavy atom. The van der Waals surface area contributed by atoms with Gasteiger partial charge in [-0.25, -0.2) is 15.0 Å². The molecule has 1 aromatic carbocycles. The molecule has 2 aromatic rings. The van der Waals surface area contributed by atoms with Crippen molar-refractivity contribution in [1.82, 2.24) is 9.97 Å². The Labute approximate surface area is 152 Å². The van der Waals surface area contributed by atoms with Gasteiger partial charge in [-0.05, 0) is 44.9 Å². The highest BCUT2D eigenvalue weighted by atomic mass is 16.5. The number of anilines is 1. The fraction of sp³-hybridized carbons (Fsp3) is 0.450. The molecule has 2 aliphatic heterocycles. The van der Waals surface area contributed by atoms with E-state index in [4.69, 9.17) is 9.47 Å². The van der Waals surface area contributed by atoms with Gasteiger partial charge in [-0.3, -0.25) is 0 Å². The number of aromatic nitrogens is 2. The van der Waals surface area contributed by atoms with E-state index in [2.05, 4.69) is 39.8 Å². The molecule has 0 bridgehead atoms. The average molecular weight is 350 g/mol. The van der Waals surface area contributed by atoms with Crippen molar-refractivity contribution in [2.75, 3.05) is 24.7 Å². The zero-order valence-corrected chi connectivity index (χ0v) is 15.1. The maximum absolute atomic E-state index is 6.09. The zero-order valence-electron chi connectivity index (χ0n) is 15.1. The molecular formula is C20H22N4O2. The third-order valence-electron chi connectivity index (χ3n) is 5.33. The number of benzene rings is 1. The van der Waals surface area contributed by atoms with Crippen LogP contribution in [0.15, 0.2) is 35.6 Å². The molecule has 1 unspecified atom stereocenters. The molecule has 0 N–H and O–H groups in total. The fourth-order valence-corrected chi connectivity index (χ4v) is 3.45. The van der Waals surface area contributed by atoms with Gasteiger partial charge in [-0.1, -0.05) is 0 Å². The van der Waals surface area contributed by atoms with Crippen LogP contribution in [0, 0.1) is 0 Å². The van der Waals surface area contributed by atoms with Crippen molar-refractivity contribution in [2.24, 2.45) is 4.99 Å². The molecule has 1 aliphatic carbocycles. The van der Waals surface area contributed by atoms with E-state index < -0.39 is 0 Å². The highest BCUT2D eigenvalue weighted by Gasteiger charge is 2.40. The molecule has 3 aliphatic rings. The summed E-state index contributed by atoms with van der Waals surface area (Å²) in [5.74, 6) is 1.84. The van der Waals surface area contributed by atoms with Gasteiger partial charge in [0, 0.05) is 18.2 Å². The number of nitrogens with zero attached hydrogens (tertiary/aromatic N) is 4. The lowest BCUT2D eigenvalue weighted by atomic mass is 9.98. The van der Waals surface area contributed by atoms with Gasteiger partial charge in [0.15, 0.2) is 0 Å². The molecule has 1 atom stereocenters. The van der Waals surface area contributed by atoms with Gasteiger partial charge in [0.25, 0.3) is 0 Å². The van der Waals surface area contributed by atoms with E-state index in [1.165, 1.54) is 0 Å². The standard InChI is InChI=1S/C20H22N4O2/c1-13-11-25-8-7-24(13)18-10-17(21-12-22-18)19-15-9-14(3-4-16(15)23-19)26-20(2)5-6-20/h3-4,9-10,12-13H,5-8,11H2,1-2H3. The predicted molar refractivity (Wildman–Crippen MR) is 99.7 cm³/mol. The van der Waals surface area contributed by atoms with Crippen molar-refractivity contribution < 1.29 is 9.47 Å². The lowest BCUT2D eigenvalue weighted by Gasteiger charge is -2.34. The third kappa shape index (κ3) is 2.74. The van der Waals surface area contributed by atoms with E-state index in [9.17, 15) is 0 Å². The number of morpholine rings is 1. The van der Waals surface area contributed by atoms with Crippen molar-refractivity contribution >= 4 is 17.2 Å². The molecule has 6 nitrogen and oxygen atoms in total. The van der Waals surface area contributed by atoms with Gasteiger partial charge in [0.2, 0.25) is 0 Å². The van der Waals surface area contributed by atoms with Gasteiger partial charge in [0.05, 0.1) is 36.3 Å². The van der Waals surface area contributed by atoms with Crippen LogP contribution in [0.3, 0.4) is 0 Å². The van der Waals surface area contributed by atoms with Gasteiger partial charge in [-0.2, -0.15) is 0 Å². The van der Waals surface area contributed by atoms with Crippen molar-refractivity contribution in [3.8, 4) is 5.75 Å². The lowest BCUT2D eigenvalue weighted by Crippen LogP contribution is -2.44. The van der Waals surface area contributed by atoms with E-state index in [-0.39, 0.29) is 5.60 Å². The Kier molecular flexibility index (Phi) is 3.50. The first-order chi connectivity index (χ1) is 12.6. The zero-order chi connectivity index (χ0) is 17.7. The van der Waals surface area contributed by atoms with E-state index in [0.717, 1.165) is 66.8 Å². The van der Waals surface area contributed by atoms with Crippen LogP contribution in [0.2, 0.25) is 0 Å². The number of aliphatic imine (C=N–C) groups is 1. The first-order valence-electron chi connectivity index (χ1n) is 9.20. The van der Waals surface area contributed by atoms with Crippen molar-refractivity contribution in [3.05, 3.63) is 41.9 Å². The second kappa shape index (κ2) is 5.77. The summed E-state index contributed by atoms with van der Waals surface area (Å²) >= 11 is 0. The SMILES string of the molecule is CC1COCCN1c1cc(C2=Nc3ccc(OC4(C)CC4)cc32)ncn1. The molecule has 1 aromatic heterocycles. The van der Waals surface area contributed by atoms with Gasteiger partial charge in [-0.15, -0.1) is 0 Å². The largest absolute Gasteiger partial charge is 0.488 e. The minimum absolute atomic E-state index is 0.0177. The smallest absolute Gasteiger partial charge is 0.133 e. The predicted octanol–water partition coefficient (Wildman–Crippen LogP) is 3.12. The van der Waals surface area contributed by atoms with Crippen LogP contribution in [0.25, 0.3) is 0 Å². The summed E-state index contributed by atoms with van der Waals surface area (Å²) < 4.78 is 11.6. The Hall–Kier alpha value is -2.47. The summed E-state index contributed by atoms with van der Waals surface area (Å²) in [4.78, 5) is 15.8.